The van der Waals surface area contributed by atoms with Gasteiger partial charge in [-0.05, 0) is 18.2 Å². The Morgan fingerprint density at radius 1 is 1.07 bits per heavy atom. The highest BCUT2D eigenvalue weighted by molar-refractivity contribution is 5.92. The molecular weight excluding hydrogens is 382 g/mol. The van der Waals surface area contributed by atoms with Crippen molar-refractivity contribution < 1.29 is 19.4 Å². The number of carbonyl (C=O) groups excluding carboxylic acids is 1. The van der Waals surface area contributed by atoms with Crippen molar-refractivity contribution in [2.45, 2.75) is 0 Å². The van der Waals surface area contributed by atoms with E-state index in [4.69, 9.17) is 4.74 Å². The third kappa shape index (κ3) is 4.96. The van der Waals surface area contributed by atoms with E-state index in [1.54, 1.807) is 18.2 Å². The molecule has 1 aliphatic heterocycles. The summed E-state index contributed by atoms with van der Waals surface area (Å²) >= 11 is 0. The summed E-state index contributed by atoms with van der Waals surface area (Å²) < 4.78 is 5.23. The van der Waals surface area contributed by atoms with Crippen molar-refractivity contribution in [3.63, 3.8) is 0 Å². The van der Waals surface area contributed by atoms with Crippen molar-refractivity contribution in [3.8, 4) is 5.75 Å². The first-order chi connectivity index (χ1) is 14.0. The van der Waals surface area contributed by atoms with Gasteiger partial charge in [-0.15, -0.1) is 0 Å². The summed E-state index contributed by atoms with van der Waals surface area (Å²) in [4.78, 5) is 35.4. The molecule has 1 fully saturated rings. The molecule has 11 nitrogen and oxygen atoms in total. The van der Waals surface area contributed by atoms with Crippen LogP contribution in [-0.4, -0.2) is 48.5 Å². The molecule has 1 saturated heterocycles. The number of nitrogens with zero attached hydrogens (tertiary/aromatic N) is 3. The van der Waals surface area contributed by atoms with Crippen LogP contribution in [0.2, 0.25) is 0 Å². The number of carbonyl (C=O) groups is 1. The van der Waals surface area contributed by atoms with Crippen LogP contribution in [-0.2, 0) is 4.79 Å². The summed E-state index contributed by atoms with van der Waals surface area (Å²) in [5.74, 6) is -0.625. The fourth-order valence-electron chi connectivity index (χ4n) is 2.99. The SMILES string of the molecule is O=C(COc1ccccc1[N+](=O)[O-])Nc1ccc(N2CCNCC2)c([N+](=O)[O-])c1. The molecule has 2 aromatic carbocycles. The summed E-state index contributed by atoms with van der Waals surface area (Å²) in [6.45, 7) is 2.29. The van der Waals surface area contributed by atoms with E-state index in [9.17, 15) is 25.0 Å². The largest absolute Gasteiger partial charge is 0.477 e. The second kappa shape index (κ2) is 8.97. The molecule has 1 aliphatic rings. The average molecular weight is 401 g/mol. The van der Waals surface area contributed by atoms with Gasteiger partial charge in [-0.1, -0.05) is 12.1 Å². The molecule has 2 aromatic rings. The number of para-hydroxylation sites is 2. The van der Waals surface area contributed by atoms with Crippen LogP contribution in [0, 0.1) is 20.2 Å². The van der Waals surface area contributed by atoms with E-state index >= 15 is 0 Å². The first-order valence-corrected chi connectivity index (χ1v) is 8.86. The van der Waals surface area contributed by atoms with Crippen LogP contribution in [0.4, 0.5) is 22.7 Å². The van der Waals surface area contributed by atoms with Crippen molar-refractivity contribution in [3.05, 3.63) is 62.7 Å². The van der Waals surface area contributed by atoms with Gasteiger partial charge in [-0.25, -0.2) is 0 Å². The minimum absolute atomic E-state index is 0.0345. The Bertz CT molecular complexity index is 929. The monoisotopic (exact) mass is 401 g/mol. The van der Waals surface area contributed by atoms with Gasteiger partial charge in [-0.2, -0.15) is 0 Å². The lowest BCUT2D eigenvalue weighted by molar-refractivity contribution is -0.385. The van der Waals surface area contributed by atoms with Crippen LogP contribution in [0.5, 0.6) is 5.75 Å². The van der Waals surface area contributed by atoms with Gasteiger partial charge in [0.25, 0.3) is 11.6 Å². The molecule has 1 heterocycles. The Kier molecular flexibility index (Phi) is 6.19. The van der Waals surface area contributed by atoms with Gasteiger partial charge >= 0.3 is 5.69 Å². The Morgan fingerprint density at radius 3 is 2.45 bits per heavy atom. The topological polar surface area (TPSA) is 140 Å². The fourth-order valence-corrected chi connectivity index (χ4v) is 2.99. The highest BCUT2D eigenvalue weighted by Crippen LogP contribution is 2.31. The first kappa shape index (κ1) is 20.0. The number of hydrogen-bond acceptors (Lipinski definition) is 8. The molecule has 1 amide bonds. The van der Waals surface area contributed by atoms with Crippen molar-refractivity contribution in [2.75, 3.05) is 43.0 Å². The Hall–Kier alpha value is -3.73. The van der Waals surface area contributed by atoms with Gasteiger partial charge in [0.15, 0.2) is 12.4 Å². The molecule has 3 rings (SSSR count). The number of rotatable bonds is 7. The summed E-state index contributed by atoms with van der Waals surface area (Å²) in [6.07, 6.45) is 0. The minimum Gasteiger partial charge on any atom is -0.477 e. The second-order valence-electron chi connectivity index (χ2n) is 6.26. The summed E-state index contributed by atoms with van der Waals surface area (Å²) in [5.41, 5.74) is 0.373. The van der Waals surface area contributed by atoms with E-state index in [0.29, 0.717) is 18.8 Å². The number of piperazine rings is 1. The van der Waals surface area contributed by atoms with E-state index in [-0.39, 0.29) is 22.8 Å². The Labute approximate surface area is 165 Å². The molecule has 0 unspecified atom stereocenters. The molecule has 0 aromatic heterocycles. The quantitative estimate of drug-likeness (QED) is 0.530. The van der Waals surface area contributed by atoms with Gasteiger partial charge in [0.05, 0.1) is 9.85 Å². The second-order valence-corrected chi connectivity index (χ2v) is 6.26. The van der Waals surface area contributed by atoms with E-state index in [2.05, 4.69) is 10.6 Å². The molecular formula is C18H19N5O6. The number of nitro groups is 2. The maximum absolute atomic E-state index is 12.1. The smallest absolute Gasteiger partial charge is 0.310 e. The van der Waals surface area contributed by atoms with E-state index in [0.717, 1.165) is 13.1 Å². The first-order valence-electron chi connectivity index (χ1n) is 8.86. The van der Waals surface area contributed by atoms with Crippen LogP contribution < -0.4 is 20.3 Å². The predicted molar refractivity (Wildman–Crippen MR) is 105 cm³/mol. The third-order valence-corrected chi connectivity index (χ3v) is 4.33. The fraction of sp³-hybridized carbons (Fsp3) is 0.278. The zero-order valence-electron chi connectivity index (χ0n) is 15.4. The molecule has 0 atom stereocenters. The number of nitrogens with one attached hydrogen (secondary N) is 2. The highest BCUT2D eigenvalue weighted by atomic mass is 16.6. The molecule has 11 heteroatoms. The molecule has 29 heavy (non-hydrogen) atoms. The Morgan fingerprint density at radius 2 is 1.76 bits per heavy atom. The predicted octanol–water partition coefficient (Wildman–Crippen LogP) is 1.93. The minimum atomic E-state index is -0.606. The lowest BCUT2D eigenvalue weighted by Crippen LogP contribution is -2.43. The van der Waals surface area contributed by atoms with Crippen LogP contribution in [0.15, 0.2) is 42.5 Å². The van der Waals surface area contributed by atoms with Gasteiger partial charge in [0.1, 0.15) is 5.69 Å². The standard InChI is InChI=1S/C18H19N5O6/c24-18(12-29-17-4-2-1-3-15(17)22(25)26)20-13-5-6-14(16(11-13)23(27)28)21-9-7-19-8-10-21/h1-6,11,19H,7-10,12H2,(H,20,24). The van der Waals surface area contributed by atoms with Crippen molar-refractivity contribution in [2.24, 2.45) is 0 Å². The van der Waals surface area contributed by atoms with Gasteiger partial charge < -0.3 is 20.3 Å². The Balaban J connectivity index is 1.68. The number of hydrogen-bond donors (Lipinski definition) is 2. The van der Waals surface area contributed by atoms with E-state index < -0.39 is 22.4 Å². The van der Waals surface area contributed by atoms with Gasteiger partial charge in [0.2, 0.25) is 0 Å². The molecule has 0 aliphatic carbocycles. The van der Waals surface area contributed by atoms with E-state index in [1.807, 2.05) is 4.90 Å². The van der Waals surface area contributed by atoms with Crippen LogP contribution >= 0.6 is 0 Å². The molecule has 152 valence electrons. The summed E-state index contributed by atoms with van der Waals surface area (Å²) in [5, 5.41) is 28.2. The molecule has 0 bridgehead atoms. The zero-order chi connectivity index (χ0) is 20.8. The maximum atomic E-state index is 12.1. The van der Waals surface area contributed by atoms with Gasteiger partial charge in [-0.3, -0.25) is 25.0 Å². The number of benzene rings is 2. The highest BCUT2D eigenvalue weighted by Gasteiger charge is 2.22. The number of amides is 1. The zero-order valence-corrected chi connectivity index (χ0v) is 15.4. The van der Waals surface area contributed by atoms with Crippen molar-refractivity contribution in [1.29, 1.82) is 0 Å². The number of ether oxygens (including phenoxy) is 1. The van der Waals surface area contributed by atoms with Crippen LogP contribution in [0.1, 0.15) is 0 Å². The van der Waals surface area contributed by atoms with Gasteiger partial charge in [0, 0.05) is 44.0 Å². The third-order valence-electron chi connectivity index (χ3n) is 4.33. The maximum Gasteiger partial charge on any atom is 0.310 e. The van der Waals surface area contributed by atoms with E-state index in [1.165, 1.54) is 24.3 Å². The lowest BCUT2D eigenvalue weighted by atomic mass is 10.2. The molecule has 0 radical (unpaired) electrons. The van der Waals surface area contributed by atoms with Crippen molar-refractivity contribution in [1.82, 2.24) is 5.32 Å². The van der Waals surface area contributed by atoms with Crippen LogP contribution in [0.25, 0.3) is 0 Å². The summed E-state index contributed by atoms with van der Waals surface area (Å²) in [6, 6.07) is 10.2. The number of nitro benzene ring substituents is 2. The lowest BCUT2D eigenvalue weighted by Gasteiger charge is -2.29. The van der Waals surface area contributed by atoms with Crippen molar-refractivity contribution >= 4 is 28.7 Å². The van der Waals surface area contributed by atoms with Crippen LogP contribution in [0.3, 0.4) is 0 Å². The normalized spacial score (nSPS) is 13.6. The average Bonchev–Trinajstić information content (AvgIpc) is 2.73. The number of anilines is 2. The molecule has 2 N–H and O–H groups in total. The molecule has 0 saturated carbocycles. The summed E-state index contributed by atoms with van der Waals surface area (Å²) in [7, 11) is 0. The molecule has 0 spiro atoms.